The lowest BCUT2D eigenvalue weighted by molar-refractivity contribution is 0.239. The summed E-state index contributed by atoms with van der Waals surface area (Å²) in [5.41, 5.74) is 0. The molecule has 4 nitrogen and oxygen atoms in total. The van der Waals surface area contributed by atoms with Crippen LogP contribution < -0.4 is 10.6 Å². The highest BCUT2D eigenvalue weighted by atomic mass is 16.2. The lowest BCUT2D eigenvalue weighted by Crippen LogP contribution is -2.39. The van der Waals surface area contributed by atoms with Crippen LogP contribution in [0.4, 0.5) is 4.79 Å². The average molecular weight is 171 g/mol. The molecule has 0 aliphatic heterocycles. The third-order valence-electron chi connectivity index (χ3n) is 1.76. The van der Waals surface area contributed by atoms with E-state index in [0.717, 1.165) is 19.4 Å². The van der Waals surface area contributed by atoms with Crippen molar-refractivity contribution in [1.29, 1.82) is 0 Å². The van der Waals surface area contributed by atoms with Gasteiger partial charge in [-0.3, -0.25) is 0 Å². The molecule has 1 rings (SSSR count). The van der Waals surface area contributed by atoms with Crippen LogP contribution >= 0.6 is 0 Å². The number of nitrogens with one attached hydrogen (secondary N) is 2. The molecule has 0 unspecified atom stereocenters. The summed E-state index contributed by atoms with van der Waals surface area (Å²) >= 11 is 0. The molecule has 70 valence electrons. The minimum atomic E-state index is -0.0284. The van der Waals surface area contributed by atoms with Crippen LogP contribution in [0.2, 0.25) is 0 Å². The Kier molecular flexibility index (Phi) is 3.34. The van der Waals surface area contributed by atoms with Crippen LogP contribution in [-0.2, 0) is 0 Å². The van der Waals surface area contributed by atoms with Crippen LogP contribution in [0, 0.1) is 0 Å². The molecule has 12 heavy (non-hydrogen) atoms. The summed E-state index contributed by atoms with van der Waals surface area (Å²) in [6, 6.07) is 0.420. The molecule has 0 heterocycles. The third-order valence-corrected chi connectivity index (χ3v) is 1.76. The van der Waals surface area contributed by atoms with E-state index >= 15 is 0 Å². The monoisotopic (exact) mass is 171 g/mol. The Morgan fingerprint density at radius 1 is 1.50 bits per heavy atom. The first-order chi connectivity index (χ1) is 5.68. The van der Waals surface area contributed by atoms with Crippen LogP contribution in [0.3, 0.4) is 0 Å². The van der Waals surface area contributed by atoms with Gasteiger partial charge in [0.05, 0.1) is 0 Å². The van der Waals surface area contributed by atoms with Crippen LogP contribution in [0.1, 0.15) is 12.8 Å². The number of carbonyl (C=O) groups excluding carboxylic acids is 1. The Morgan fingerprint density at radius 3 is 2.67 bits per heavy atom. The largest absolute Gasteiger partial charge is 0.337 e. The van der Waals surface area contributed by atoms with Gasteiger partial charge in [0.1, 0.15) is 0 Å². The van der Waals surface area contributed by atoms with Crippen LogP contribution in [-0.4, -0.2) is 44.2 Å². The number of rotatable bonds is 4. The number of likely N-dealkylation sites (N-methyl/N-ethyl adjacent to an activating group) is 1. The second kappa shape index (κ2) is 4.30. The van der Waals surface area contributed by atoms with Crippen molar-refractivity contribution in [3.63, 3.8) is 0 Å². The SMILES string of the molecule is CN(C)CCNC(=O)NC1CC1. The van der Waals surface area contributed by atoms with Crippen molar-refractivity contribution < 1.29 is 4.79 Å². The lowest BCUT2D eigenvalue weighted by atomic mass is 10.6. The normalized spacial score (nSPS) is 16.2. The van der Waals surface area contributed by atoms with Crippen LogP contribution in [0.5, 0.6) is 0 Å². The van der Waals surface area contributed by atoms with E-state index in [1.54, 1.807) is 0 Å². The van der Waals surface area contributed by atoms with Gasteiger partial charge in [-0.2, -0.15) is 0 Å². The molecule has 0 saturated heterocycles. The number of amides is 2. The van der Waals surface area contributed by atoms with Gasteiger partial charge in [-0.1, -0.05) is 0 Å². The molecule has 1 saturated carbocycles. The van der Waals surface area contributed by atoms with Crippen molar-refractivity contribution in [3.8, 4) is 0 Å². The maximum Gasteiger partial charge on any atom is 0.315 e. The molecule has 0 aromatic rings. The molecule has 0 bridgehead atoms. The van der Waals surface area contributed by atoms with Gasteiger partial charge in [0.25, 0.3) is 0 Å². The second-order valence-corrected chi connectivity index (χ2v) is 3.48. The minimum absolute atomic E-state index is 0.0284. The van der Waals surface area contributed by atoms with Gasteiger partial charge in [-0.05, 0) is 26.9 Å². The van der Waals surface area contributed by atoms with E-state index < -0.39 is 0 Å². The Hall–Kier alpha value is -0.770. The van der Waals surface area contributed by atoms with Crippen LogP contribution in [0.15, 0.2) is 0 Å². The van der Waals surface area contributed by atoms with Gasteiger partial charge in [-0.25, -0.2) is 4.79 Å². The topological polar surface area (TPSA) is 44.4 Å². The van der Waals surface area contributed by atoms with Gasteiger partial charge < -0.3 is 15.5 Å². The molecule has 0 spiro atoms. The quantitative estimate of drug-likeness (QED) is 0.626. The zero-order valence-corrected chi connectivity index (χ0v) is 7.76. The molecule has 1 aliphatic carbocycles. The molecule has 2 amide bonds. The lowest BCUT2D eigenvalue weighted by Gasteiger charge is -2.10. The first-order valence-electron chi connectivity index (χ1n) is 4.37. The highest BCUT2D eigenvalue weighted by Gasteiger charge is 2.22. The van der Waals surface area contributed by atoms with E-state index in [1.807, 2.05) is 19.0 Å². The second-order valence-electron chi connectivity index (χ2n) is 3.48. The fraction of sp³-hybridized carbons (Fsp3) is 0.875. The first kappa shape index (κ1) is 9.32. The number of nitrogens with zero attached hydrogens (tertiary/aromatic N) is 1. The molecular formula is C8H17N3O. The Bertz CT molecular complexity index is 154. The maximum absolute atomic E-state index is 11.0. The van der Waals surface area contributed by atoms with E-state index in [4.69, 9.17) is 0 Å². The van der Waals surface area contributed by atoms with Gasteiger partial charge >= 0.3 is 6.03 Å². The number of urea groups is 1. The van der Waals surface area contributed by atoms with Crippen molar-refractivity contribution in [2.45, 2.75) is 18.9 Å². The summed E-state index contributed by atoms with van der Waals surface area (Å²) < 4.78 is 0. The predicted molar refractivity (Wildman–Crippen MR) is 48.1 cm³/mol. The van der Waals surface area contributed by atoms with E-state index in [1.165, 1.54) is 0 Å². The highest BCUT2D eigenvalue weighted by molar-refractivity contribution is 5.74. The van der Waals surface area contributed by atoms with Crippen molar-refractivity contribution in [2.75, 3.05) is 27.2 Å². The van der Waals surface area contributed by atoms with Gasteiger partial charge in [0.15, 0.2) is 0 Å². The number of carbonyl (C=O) groups is 1. The molecule has 1 aliphatic rings. The molecular weight excluding hydrogens is 154 g/mol. The Labute approximate surface area is 73.3 Å². The highest BCUT2D eigenvalue weighted by Crippen LogP contribution is 2.17. The molecule has 0 aromatic heterocycles. The molecule has 0 radical (unpaired) electrons. The predicted octanol–water partition coefficient (Wildman–Crippen LogP) is 0.00960. The summed E-state index contributed by atoms with van der Waals surface area (Å²) in [7, 11) is 3.97. The van der Waals surface area contributed by atoms with Crippen LogP contribution in [0.25, 0.3) is 0 Å². The van der Waals surface area contributed by atoms with E-state index in [2.05, 4.69) is 10.6 Å². The molecule has 4 heteroatoms. The number of hydrogen-bond acceptors (Lipinski definition) is 2. The van der Waals surface area contributed by atoms with Crippen molar-refractivity contribution in [1.82, 2.24) is 15.5 Å². The average Bonchev–Trinajstić information content (AvgIpc) is 2.70. The standard InChI is InChI=1S/C8H17N3O/c1-11(2)6-5-9-8(12)10-7-3-4-7/h7H,3-6H2,1-2H3,(H2,9,10,12). The molecule has 0 aromatic carbocycles. The minimum Gasteiger partial charge on any atom is -0.337 e. The summed E-state index contributed by atoms with van der Waals surface area (Å²) in [6.07, 6.45) is 2.28. The summed E-state index contributed by atoms with van der Waals surface area (Å²) in [4.78, 5) is 13.1. The Morgan fingerprint density at radius 2 is 2.17 bits per heavy atom. The van der Waals surface area contributed by atoms with Gasteiger partial charge in [-0.15, -0.1) is 0 Å². The van der Waals surface area contributed by atoms with Crippen molar-refractivity contribution in [3.05, 3.63) is 0 Å². The first-order valence-corrected chi connectivity index (χ1v) is 4.37. The summed E-state index contributed by atoms with van der Waals surface area (Å²) in [5.74, 6) is 0. The summed E-state index contributed by atoms with van der Waals surface area (Å²) in [5, 5.41) is 5.65. The zero-order valence-electron chi connectivity index (χ0n) is 7.76. The fourth-order valence-corrected chi connectivity index (χ4v) is 0.857. The summed E-state index contributed by atoms with van der Waals surface area (Å²) in [6.45, 7) is 1.60. The van der Waals surface area contributed by atoms with E-state index in [9.17, 15) is 4.79 Å². The van der Waals surface area contributed by atoms with Crippen molar-refractivity contribution >= 4 is 6.03 Å². The molecule has 0 atom stereocenters. The molecule has 1 fully saturated rings. The smallest absolute Gasteiger partial charge is 0.315 e. The number of hydrogen-bond donors (Lipinski definition) is 2. The third kappa shape index (κ3) is 4.18. The Balaban J connectivity index is 1.94. The van der Waals surface area contributed by atoms with E-state index in [-0.39, 0.29) is 6.03 Å². The van der Waals surface area contributed by atoms with Crippen molar-refractivity contribution in [2.24, 2.45) is 0 Å². The maximum atomic E-state index is 11.0. The van der Waals surface area contributed by atoms with Gasteiger partial charge in [0, 0.05) is 19.1 Å². The molecule has 2 N–H and O–H groups in total. The van der Waals surface area contributed by atoms with E-state index in [0.29, 0.717) is 12.6 Å². The fourth-order valence-electron chi connectivity index (χ4n) is 0.857. The zero-order chi connectivity index (χ0) is 8.97. The van der Waals surface area contributed by atoms with Gasteiger partial charge in [0.2, 0.25) is 0 Å².